The third kappa shape index (κ3) is 6.24. The van der Waals surface area contributed by atoms with Crippen molar-refractivity contribution in [3.63, 3.8) is 0 Å². The van der Waals surface area contributed by atoms with E-state index in [2.05, 4.69) is 20.0 Å². The number of nitro benzene ring substituents is 1. The van der Waals surface area contributed by atoms with Crippen molar-refractivity contribution in [2.75, 3.05) is 10.0 Å². The largest absolute Gasteiger partial charge is 0.456 e. The average Bonchev–Trinajstić information content (AvgIpc) is 3.31. The number of anilines is 2. The number of sulfonamides is 1. The topological polar surface area (TPSA) is 157 Å². The molecule has 4 aromatic rings. The van der Waals surface area contributed by atoms with Crippen LogP contribution in [0.1, 0.15) is 17.1 Å². The summed E-state index contributed by atoms with van der Waals surface area (Å²) in [6.07, 6.45) is 2.64. The Morgan fingerprint density at radius 2 is 1.68 bits per heavy atom. The highest BCUT2D eigenvalue weighted by atomic mass is 32.2. The van der Waals surface area contributed by atoms with Crippen LogP contribution >= 0.6 is 0 Å². The van der Waals surface area contributed by atoms with Crippen molar-refractivity contribution < 1.29 is 22.6 Å². The summed E-state index contributed by atoms with van der Waals surface area (Å²) in [4.78, 5) is 31.2. The molecule has 0 saturated carbocycles. The van der Waals surface area contributed by atoms with Crippen LogP contribution in [0.4, 0.5) is 17.3 Å². The van der Waals surface area contributed by atoms with Crippen molar-refractivity contribution in [1.29, 1.82) is 0 Å². The third-order valence-corrected chi connectivity index (χ3v) is 6.38. The maximum absolute atomic E-state index is 12.6. The summed E-state index contributed by atoms with van der Waals surface area (Å²) in [5, 5.41) is 13.8. The average molecular weight is 520 g/mol. The quantitative estimate of drug-likeness (QED) is 0.192. The van der Waals surface area contributed by atoms with Gasteiger partial charge in [0.2, 0.25) is 11.9 Å². The zero-order chi connectivity index (χ0) is 26.6. The molecule has 0 fully saturated rings. The van der Waals surface area contributed by atoms with Crippen molar-refractivity contribution >= 4 is 39.3 Å². The van der Waals surface area contributed by atoms with Gasteiger partial charge in [-0.05, 0) is 68.5 Å². The first-order valence-corrected chi connectivity index (χ1v) is 12.4. The maximum atomic E-state index is 12.6. The van der Waals surface area contributed by atoms with Gasteiger partial charge in [-0.25, -0.2) is 23.1 Å². The SMILES string of the molecule is Cc1cc(C)nc(NS(=O)(=O)c2ccc(NC(=O)/C=C/c3ccc(-c4ccccc4[N+](=O)[O-])o3)cc2)n1. The molecular formula is C25H21N5O6S. The normalized spacial score (nSPS) is 11.4. The molecule has 0 radical (unpaired) electrons. The Balaban J connectivity index is 1.40. The van der Waals surface area contributed by atoms with Crippen LogP contribution in [0, 0.1) is 24.0 Å². The van der Waals surface area contributed by atoms with Crippen LogP contribution in [0.5, 0.6) is 0 Å². The number of hydrogen-bond donors (Lipinski definition) is 2. The van der Waals surface area contributed by atoms with Gasteiger partial charge in [0.1, 0.15) is 11.5 Å². The molecule has 188 valence electrons. The monoisotopic (exact) mass is 519 g/mol. The van der Waals surface area contributed by atoms with Crippen LogP contribution in [0.3, 0.4) is 0 Å². The molecule has 0 spiro atoms. The van der Waals surface area contributed by atoms with Gasteiger partial charge in [0.05, 0.1) is 15.4 Å². The van der Waals surface area contributed by atoms with Crippen molar-refractivity contribution in [1.82, 2.24) is 9.97 Å². The predicted molar refractivity (Wildman–Crippen MR) is 137 cm³/mol. The van der Waals surface area contributed by atoms with Crippen molar-refractivity contribution in [3.05, 3.63) is 100 Å². The fourth-order valence-corrected chi connectivity index (χ4v) is 4.38. The second kappa shape index (κ2) is 10.4. The highest BCUT2D eigenvalue weighted by molar-refractivity contribution is 7.92. The van der Waals surface area contributed by atoms with Crippen LogP contribution in [-0.2, 0) is 14.8 Å². The number of rotatable bonds is 8. The molecule has 12 heteroatoms. The van der Waals surface area contributed by atoms with Crippen LogP contribution in [0.2, 0.25) is 0 Å². The zero-order valence-corrected chi connectivity index (χ0v) is 20.5. The number of para-hydroxylation sites is 1. The Morgan fingerprint density at radius 3 is 2.35 bits per heavy atom. The van der Waals surface area contributed by atoms with Gasteiger partial charge in [0, 0.05) is 29.2 Å². The lowest BCUT2D eigenvalue weighted by molar-refractivity contribution is -0.384. The lowest BCUT2D eigenvalue weighted by Gasteiger charge is -2.09. The first-order valence-electron chi connectivity index (χ1n) is 10.9. The molecule has 4 rings (SSSR count). The molecule has 0 atom stereocenters. The summed E-state index contributed by atoms with van der Waals surface area (Å²) in [5.41, 5.74) is 1.86. The minimum atomic E-state index is -3.92. The highest BCUT2D eigenvalue weighted by Gasteiger charge is 2.18. The summed E-state index contributed by atoms with van der Waals surface area (Å²) in [5.74, 6) is 0.109. The number of nitrogens with zero attached hydrogens (tertiary/aromatic N) is 3. The van der Waals surface area contributed by atoms with E-state index in [4.69, 9.17) is 4.42 Å². The van der Waals surface area contributed by atoms with E-state index in [9.17, 15) is 23.3 Å². The smallest absolute Gasteiger partial charge is 0.280 e. The van der Waals surface area contributed by atoms with Gasteiger partial charge in [0.25, 0.3) is 15.7 Å². The standard InChI is InChI=1S/C25H21N5O6S/c1-16-15-17(2)27-25(26-16)29-37(34,35)20-11-7-18(8-12-20)28-24(31)14-10-19-9-13-23(36-19)21-5-3-4-6-22(21)30(32)33/h3-15H,1-2H3,(H,28,31)(H,26,27,29)/b14-10+. The van der Waals surface area contributed by atoms with Crippen LogP contribution in [0.15, 0.2) is 82.1 Å². The fraction of sp³-hybridized carbons (Fsp3) is 0.0800. The number of carbonyl (C=O) groups excluding carboxylic acids is 1. The van der Waals surface area contributed by atoms with E-state index in [1.165, 1.54) is 42.5 Å². The van der Waals surface area contributed by atoms with Gasteiger partial charge in [-0.15, -0.1) is 0 Å². The van der Waals surface area contributed by atoms with Crippen molar-refractivity contribution in [3.8, 4) is 11.3 Å². The molecule has 37 heavy (non-hydrogen) atoms. The third-order valence-electron chi connectivity index (χ3n) is 5.03. The molecule has 0 saturated heterocycles. The van der Waals surface area contributed by atoms with E-state index < -0.39 is 20.9 Å². The molecular weight excluding hydrogens is 498 g/mol. The molecule has 2 aromatic carbocycles. The highest BCUT2D eigenvalue weighted by Crippen LogP contribution is 2.31. The number of amides is 1. The number of aromatic nitrogens is 2. The number of aryl methyl sites for hydroxylation is 2. The Morgan fingerprint density at radius 1 is 1.00 bits per heavy atom. The number of furan rings is 1. The number of nitro groups is 1. The molecule has 0 aliphatic heterocycles. The van der Waals surface area contributed by atoms with Gasteiger partial charge >= 0.3 is 0 Å². The van der Waals surface area contributed by atoms with Crippen LogP contribution in [0.25, 0.3) is 17.4 Å². The summed E-state index contributed by atoms with van der Waals surface area (Å²) in [7, 11) is -3.92. The van der Waals surface area contributed by atoms with Crippen molar-refractivity contribution in [2.24, 2.45) is 0 Å². The van der Waals surface area contributed by atoms with Gasteiger partial charge in [-0.3, -0.25) is 14.9 Å². The lowest BCUT2D eigenvalue weighted by Crippen LogP contribution is -2.16. The van der Waals surface area contributed by atoms with Gasteiger partial charge < -0.3 is 9.73 Å². The van der Waals surface area contributed by atoms with Gasteiger partial charge in [-0.2, -0.15) is 0 Å². The minimum absolute atomic E-state index is 0.0250. The minimum Gasteiger partial charge on any atom is -0.456 e. The Labute approximate surface area is 212 Å². The Hall–Kier alpha value is -4.84. The van der Waals surface area contributed by atoms with E-state index in [-0.39, 0.29) is 16.5 Å². The number of hydrogen-bond acceptors (Lipinski definition) is 8. The molecule has 2 heterocycles. The molecule has 0 aliphatic carbocycles. The molecule has 0 unspecified atom stereocenters. The summed E-state index contributed by atoms with van der Waals surface area (Å²) in [6, 6.07) is 16.7. The molecule has 1 amide bonds. The molecule has 0 bridgehead atoms. The summed E-state index contributed by atoms with van der Waals surface area (Å²) in [6.45, 7) is 3.47. The predicted octanol–water partition coefficient (Wildman–Crippen LogP) is 4.71. The first kappa shape index (κ1) is 25.3. The molecule has 0 aliphatic rings. The molecule has 2 N–H and O–H groups in total. The zero-order valence-electron chi connectivity index (χ0n) is 19.7. The van der Waals surface area contributed by atoms with Crippen molar-refractivity contribution in [2.45, 2.75) is 18.7 Å². The summed E-state index contributed by atoms with van der Waals surface area (Å²) < 4.78 is 33.2. The fourth-order valence-electron chi connectivity index (χ4n) is 3.44. The number of carbonyl (C=O) groups is 1. The molecule has 2 aromatic heterocycles. The van der Waals surface area contributed by atoms with Gasteiger partial charge in [-0.1, -0.05) is 12.1 Å². The van der Waals surface area contributed by atoms with Crippen LogP contribution < -0.4 is 10.0 Å². The van der Waals surface area contributed by atoms with Gasteiger partial charge in [0.15, 0.2) is 0 Å². The lowest BCUT2D eigenvalue weighted by atomic mass is 10.1. The van der Waals surface area contributed by atoms with Crippen LogP contribution in [-0.4, -0.2) is 29.2 Å². The van der Waals surface area contributed by atoms with E-state index in [0.29, 0.717) is 34.2 Å². The number of benzene rings is 2. The Bertz CT molecular complexity index is 1590. The van der Waals surface area contributed by atoms with E-state index >= 15 is 0 Å². The number of nitrogens with one attached hydrogen (secondary N) is 2. The first-order chi connectivity index (χ1) is 17.6. The molecule has 11 nitrogen and oxygen atoms in total. The second-order valence-electron chi connectivity index (χ2n) is 7.90. The summed E-state index contributed by atoms with van der Waals surface area (Å²) >= 11 is 0. The van der Waals surface area contributed by atoms with E-state index in [0.717, 1.165) is 0 Å². The Kier molecular flexibility index (Phi) is 7.11. The van der Waals surface area contributed by atoms with E-state index in [1.54, 1.807) is 50.2 Å². The van der Waals surface area contributed by atoms with E-state index in [1.807, 2.05) is 0 Å². The maximum Gasteiger partial charge on any atom is 0.280 e. The second-order valence-corrected chi connectivity index (χ2v) is 9.59.